The van der Waals surface area contributed by atoms with Gasteiger partial charge >= 0.3 is 0 Å². The lowest BCUT2D eigenvalue weighted by Crippen LogP contribution is -1.99. The van der Waals surface area contributed by atoms with Gasteiger partial charge in [-0.3, -0.25) is 4.99 Å². The SMILES string of the molecule is C=C(\N=C/C(=C\C=C\C)C(C)C)C1CCC(C)C1. The van der Waals surface area contributed by atoms with Crippen molar-refractivity contribution in [2.24, 2.45) is 22.7 Å². The summed E-state index contributed by atoms with van der Waals surface area (Å²) in [5.41, 5.74) is 2.33. The summed E-state index contributed by atoms with van der Waals surface area (Å²) in [5, 5.41) is 0. The Bertz CT molecular complexity index is 358. The van der Waals surface area contributed by atoms with E-state index in [4.69, 9.17) is 0 Å². The van der Waals surface area contributed by atoms with Gasteiger partial charge in [-0.25, -0.2) is 0 Å². The average molecular weight is 245 g/mol. The molecular weight excluding hydrogens is 218 g/mol. The summed E-state index contributed by atoms with van der Waals surface area (Å²) in [6.45, 7) is 12.9. The second-order valence-corrected chi connectivity index (χ2v) is 5.71. The van der Waals surface area contributed by atoms with Crippen molar-refractivity contribution >= 4 is 6.21 Å². The molecule has 1 fully saturated rings. The monoisotopic (exact) mass is 245 g/mol. The second-order valence-electron chi connectivity index (χ2n) is 5.71. The first-order valence-corrected chi connectivity index (χ1v) is 7.10. The molecule has 0 bridgehead atoms. The molecule has 1 nitrogen and oxygen atoms in total. The Hall–Kier alpha value is -1.11. The fraction of sp³-hybridized carbons (Fsp3) is 0.588. The summed E-state index contributed by atoms with van der Waals surface area (Å²) in [5.74, 6) is 1.94. The van der Waals surface area contributed by atoms with E-state index >= 15 is 0 Å². The normalized spacial score (nSPS) is 25.7. The third kappa shape index (κ3) is 4.64. The maximum absolute atomic E-state index is 4.59. The molecule has 18 heavy (non-hydrogen) atoms. The van der Waals surface area contributed by atoms with E-state index in [1.54, 1.807) is 0 Å². The molecule has 0 amide bonds. The van der Waals surface area contributed by atoms with Crippen LogP contribution in [0, 0.1) is 17.8 Å². The Morgan fingerprint density at radius 3 is 2.56 bits per heavy atom. The number of aliphatic imine (C=N–C) groups is 1. The van der Waals surface area contributed by atoms with Gasteiger partial charge in [-0.1, -0.05) is 52.0 Å². The summed E-state index contributed by atoms with van der Waals surface area (Å²) in [7, 11) is 0. The zero-order chi connectivity index (χ0) is 13.5. The van der Waals surface area contributed by atoms with Crippen LogP contribution in [0.4, 0.5) is 0 Å². The quantitative estimate of drug-likeness (QED) is 0.468. The predicted molar refractivity (Wildman–Crippen MR) is 81.9 cm³/mol. The molecule has 100 valence electrons. The van der Waals surface area contributed by atoms with Gasteiger partial charge in [0.15, 0.2) is 0 Å². The number of hydrogen-bond acceptors (Lipinski definition) is 1. The van der Waals surface area contributed by atoms with Crippen LogP contribution in [0.15, 0.2) is 41.1 Å². The van der Waals surface area contributed by atoms with E-state index < -0.39 is 0 Å². The maximum atomic E-state index is 4.59. The topological polar surface area (TPSA) is 12.4 Å². The molecule has 2 unspecified atom stereocenters. The highest BCUT2D eigenvalue weighted by Crippen LogP contribution is 2.34. The van der Waals surface area contributed by atoms with Crippen molar-refractivity contribution in [3.8, 4) is 0 Å². The van der Waals surface area contributed by atoms with E-state index in [1.165, 1.54) is 24.8 Å². The lowest BCUT2D eigenvalue weighted by atomic mass is 10.0. The van der Waals surface area contributed by atoms with Crippen molar-refractivity contribution in [3.05, 3.63) is 36.1 Å². The molecule has 0 aliphatic heterocycles. The van der Waals surface area contributed by atoms with Crippen molar-refractivity contribution in [2.75, 3.05) is 0 Å². The summed E-state index contributed by atoms with van der Waals surface area (Å²) in [4.78, 5) is 4.59. The van der Waals surface area contributed by atoms with Gasteiger partial charge in [0.1, 0.15) is 0 Å². The van der Waals surface area contributed by atoms with E-state index in [2.05, 4.69) is 44.5 Å². The number of allylic oxidation sites excluding steroid dienone is 5. The molecule has 1 rings (SSSR count). The van der Waals surface area contributed by atoms with E-state index in [1.807, 2.05) is 19.2 Å². The summed E-state index contributed by atoms with van der Waals surface area (Å²) in [6.07, 6.45) is 12.1. The third-order valence-electron chi connectivity index (χ3n) is 3.69. The summed E-state index contributed by atoms with van der Waals surface area (Å²) in [6, 6.07) is 0. The molecule has 0 aromatic heterocycles. The molecule has 0 saturated heterocycles. The van der Waals surface area contributed by atoms with Gasteiger partial charge in [0.05, 0.1) is 0 Å². The van der Waals surface area contributed by atoms with Gasteiger partial charge < -0.3 is 0 Å². The van der Waals surface area contributed by atoms with Crippen molar-refractivity contribution < 1.29 is 0 Å². The van der Waals surface area contributed by atoms with Gasteiger partial charge in [-0.15, -0.1) is 0 Å². The van der Waals surface area contributed by atoms with Gasteiger partial charge in [0.25, 0.3) is 0 Å². The molecule has 0 radical (unpaired) electrons. The molecular formula is C17H27N. The van der Waals surface area contributed by atoms with Gasteiger partial charge in [-0.2, -0.15) is 0 Å². The lowest BCUT2D eigenvalue weighted by Gasteiger charge is -2.10. The average Bonchev–Trinajstić information content (AvgIpc) is 2.75. The van der Waals surface area contributed by atoms with Crippen molar-refractivity contribution in [1.29, 1.82) is 0 Å². The highest BCUT2D eigenvalue weighted by Gasteiger charge is 2.23. The van der Waals surface area contributed by atoms with Crippen LogP contribution in [0.1, 0.15) is 47.0 Å². The predicted octanol–water partition coefficient (Wildman–Crippen LogP) is 5.17. The second kappa shape index (κ2) is 7.35. The fourth-order valence-corrected chi connectivity index (χ4v) is 2.36. The Labute approximate surface area is 112 Å². The number of rotatable bonds is 5. The van der Waals surface area contributed by atoms with Gasteiger partial charge in [0.2, 0.25) is 0 Å². The smallest absolute Gasteiger partial charge is 0.0363 e. The van der Waals surface area contributed by atoms with Crippen LogP contribution in [0.5, 0.6) is 0 Å². The standard InChI is InChI=1S/C17H27N/c1-6-7-8-17(13(2)3)12-18-15(5)16-10-9-14(4)11-16/h6-8,12-14,16H,5,9-11H2,1-4H3/b7-6+,17-8+,18-12-. The van der Waals surface area contributed by atoms with E-state index in [0.29, 0.717) is 11.8 Å². The third-order valence-corrected chi connectivity index (χ3v) is 3.69. The van der Waals surface area contributed by atoms with Crippen molar-refractivity contribution in [2.45, 2.75) is 47.0 Å². The molecule has 1 heteroatoms. The zero-order valence-electron chi connectivity index (χ0n) is 12.3. The largest absolute Gasteiger partial charge is 0.261 e. The Morgan fingerprint density at radius 2 is 2.06 bits per heavy atom. The first kappa shape index (κ1) is 14.9. The highest BCUT2D eigenvalue weighted by atomic mass is 14.7. The Morgan fingerprint density at radius 1 is 1.33 bits per heavy atom. The Balaban J connectivity index is 2.63. The van der Waals surface area contributed by atoms with E-state index in [-0.39, 0.29) is 0 Å². The van der Waals surface area contributed by atoms with Crippen LogP contribution in [0.25, 0.3) is 0 Å². The number of hydrogen-bond donors (Lipinski definition) is 0. The Kier molecular flexibility index (Phi) is 6.11. The van der Waals surface area contributed by atoms with E-state index in [9.17, 15) is 0 Å². The molecule has 1 aliphatic rings. The van der Waals surface area contributed by atoms with Crippen LogP contribution in [-0.4, -0.2) is 6.21 Å². The van der Waals surface area contributed by atoms with Gasteiger partial charge in [-0.05, 0) is 37.2 Å². The molecule has 1 saturated carbocycles. The minimum Gasteiger partial charge on any atom is -0.261 e. The minimum absolute atomic E-state index is 0.500. The fourth-order valence-electron chi connectivity index (χ4n) is 2.36. The minimum atomic E-state index is 0.500. The van der Waals surface area contributed by atoms with Crippen LogP contribution in [-0.2, 0) is 0 Å². The van der Waals surface area contributed by atoms with Crippen molar-refractivity contribution in [1.82, 2.24) is 0 Å². The molecule has 0 heterocycles. The molecule has 1 aliphatic carbocycles. The first-order chi connectivity index (χ1) is 8.54. The van der Waals surface area contributed by atoms with Crippen molar-refractivity contribution in [3.63, 3.8) is 0 Å². The molecule has 0 aromatic rings. The maximum Gasteiger partial charge on any atom is 0.0363 e. The van der Waals surface area contributed by atoms with Crippen LogP contribution < -0.4 is 0 Å². The van der Waals surface area contributed by atoms with Crippen LogP contribution in [0.3, 0.4) is 0 Å². The van der Waals surface area contributed by atoms with Crippen LogP contribution >= 0.6 is 0 Å². The summed E-state index contributed by atoms with van der Waals surface area (Å²) >= 11 is 0. The van der Waals surface area contributed by atoms with E-state index in [0.717, 1.165) is 11.6 Å². The lowest BCUT2D eigenvalue weighted by molar-refractivity contribution is 0.570. The zero-order valence-corrected chi connectivity index (χ0v) is 12.3. The number of nitrogens with zero attached hydrogens (tertiary/aromatic N) is 1. The molecule has 0 aromatic carbocycles. The molecule has 0 spiro atoms. The highest BCUT2D eigenvalue weighted by molar-refractivity contribution is 5.80. The van der Waals surface area contributed by atoms with Gasteiger partial charge in [0, 0.05) is 17.8 Å². The molecule has 0 N–H and O–H groups in total. The van der Waals surface area contributed by atoms with Crippen LogP contribution in [0.2, 0.25) is 0 Å². The summed E-state index contributed by atoms with van der Waals surface area (Å²) < 4.78 is 0. The molecule has 2 atom stereocenters. The first-order valence-electron chi connectivity index (χ1n) is 7.10.